The average molecular weight is 251 g/mol. The highest BCUT2D eigenvalue weighted by atomic mass is 16.5. The highest BCUT2D eigenvalue weighted by Gasteiger charge is 2.22. The van der Waals surface area contributed by atoms with Crippen LogP contribution in [-0.4, -0.2) is 38.5 Å². The number of ether oxygens (including phenoxy) is 3. The fraction of sp³-hybridized carbons (Fsp3) is 0.571. The number of morpholine rings is 1. The molecule has 0 radical (unpaired) electrons. The van der Waals surface area contributed by atoms with E-state index in [1.807, 2.05) is 31.2 Å². The Balaban J connectivity index is 1.92. The Morgan fingerprint density at radius 2 is 2.00 bits per heavy atom. The Kier molecular flexibility index (Phi) is 4.84. The molecule has 0 amide bonds. The molecule has 1 fully saturated rings. The highest BCUT2D eigenvalue weighted by Crippen LogP contribution is 2.26. The standard InChI is InChI=1S/C14H21NO3/c1-3-16-12-6-4-5-7-13(12)18-10-14-11(2)15-8-9-17-14/h4-7,11,14-15H,3,8-10H2,1-2H3. The van der Waals surface area contributed by atoms with Crippen LogP contribution in [-0.2, 0) is 4.74 Å². The molecule has 0 aliphatic carbocycles. The van der Waals surface area contributed by atoms with Crippen molar-refractivity contribution in [2.45, 2.75) is 26.0 Å². The van der Waals surface area contributed by atoms with Crippen LogP contribution < -0.4 is 14.8 Å². The molecule has 100 valence electrons. The molecule has 1 aliphatic heterocycles. The summed E-state index contributed by atoms with van der Waals surface area (Å²) in [6, 6.07) is 8.05. The van der Waals surface area contributed by atoms with E-state index in [0.717, 1.165) is 24.7 Å². The normalized spacial score (nSPS) is 23.7. The first-order valence-corrected chi connectivity index (χ1v) is 6.51. The van der Waals surface area contributed by atoms with Crippen LogP contribution in [0.5, 0.6) is 11.5 Å². The summed E-state index contributed by atoms with van der Waals surface area (Å²) < 4.78 is 17.0. The summed E-state index contributed by atoms with van der Waals surface area (Å²) in [6.45, 7) is 6.91. The van der Waals surface area contributed by atoms with Crippen molar-refractivity contribution in [2.24, 2.45) is 0 Å². The third-order valence-electron chi connectivity index (χ3n) is 3.01. The van der Waals surface area contributed by atoms with Crippen LogP contribution in [0.4, 0.5) is 0 Å². The second kappa shape index (κ2) is 6.61. The summed E-state index contributed by atoms with van der Waals surface area (Å²) in [6.07, 6.45) is 0.0911. The first kappa shape index (κ1) is 13.2. The van der Waals surface area contributed by atoms with E-state index in [2.05, 4.69) is 12.2 Å². The van der Waals surface area contributed by atoms with Gasteiger partial charge in [-0.3, -0.25) is 0 Å². The van der Waals surface area contributed by atoms with E-state index in [4.69, 9.17) is 14.2 Å². The smallest absolute Gasteiger partial charge is 0.161 e. The fourth-order valence-electron chi connectivity index (χ4n) is 1.98. The van der Waals surface area contributed by atoms with Gasteiger partial charge in [-0.25, -0.2) is 0 Å². The van der Waals surface area contributed by atoms with Gasteiger partial charge in [0.1, 0.15) is 12.7 Å². The Hall–Kier alpha value is -1.26. The SMILES string of the molecule is CCOc1ccccc1OCC1OCCNC1C. The second-order valence-corrected chi connectivity index (χ2v) is 4.34. The summed E-state index contributed by atoms with van der Waals surface area (Å²) in [5.41, 5.74) is 0. The van der Waals surface area contributed by atoms with Gasteiger partial charge in [-0.2, -0.15) is 0 Å². The zero-order valence-electron chi connectivity index (χ0n) is 11.0. The molecule has 4 heteroatoms. The molecule has 2 unspecified atom stereocenters. The van der Waals surface area contributed by atoms with Gasteiger partial charge < -0.3 is 19.5 Å². The molecule has 18 heavy (non-hydrogen) atoms. The Morgan fingerprint density at radius 1 is 1.28 bits per heavy atom. The van der Waals surface area contributed by atoms with Gasteiger partial charge in [-0.15, -0.1) is 0 Å². The molecule has 0 saturated carbocycles. The molecule has 2 atom stereocenters. The number of benzene rings is 1. The Labute approximate surface area is 108 Å². The van der Waals surface area contributed by atoms with E-state index in [-0.39, 0.29) is 6.10 Å². The van der Waals surface area contributed by atoms with Crippen LogP contribution in [0.1, 0.15) is 13.8 Å². The van der Waals surface area contributed by atoms with Gasteiger partial charge in [0, 0.05) is 12.6 Å². The molecule has 1 aliphatic rings. The number of hydrogen-bond acceptors (Lipinski definition) is 4. The van der Waals surface area contributed by atoms with Crippen molar-refractivity contribution < 1.29 is 14.2 Å². The van der Waals surface area contributed by atoms with Crippen LogP contribution >= 0.6 is 0 Å². The van der Waals surface area contributed by atoms with Crippen LogP contribution in [0.15, 0.2) is 24.3 Å². The molecule has 1 N–H and O–H groups in total. The summed E-state index contributed by atoms with van der Waals surface area (Å²) in [7, 11) is 0. The highest BCUT2D eigenvalue weighted by molar-refractivity contribution is 5.39. The third kappa shape index (κ3) is 3.37. The summed E-state index contributed by atoms with van der Waals surface area (Å²) in [5.74, 6) is 1.57. The van der Waals surface area contributed by atoms with Crippen molar-refractivity contribution >= 4 is 0 Å². The maximum Gasteiger partial charge on any atom is 0.161 e. The van der Waals surface area contributed by atoms with Crippen molar-refractivity contribution in [3.8, 4) is 11.5 Å². The summed E-state index contributed by atoms with van der Waals surface area (Å²) in [5, 5.41) is 3.37. The number of nitrogens with one attached hydrogen (secondary N) is 1. The van der Waals surface area contributed by atoms with Gasteiger partial charge in [-0.05, 0) is 26.0 Å². The van der Waals surface area contributed by atoms with Crippen molar-refractivity contribution in [1.82, 2.24) is 5.32 Å². The third-order valence-corrected chi connectivity index (χ3v) is 3.01. The topological polar surface area (TPSA) is 39.7 Å². The number of para-hydroxylation sites is 2. The summed E-state index contributed by atoms with van der Waals surface area (Å²) in [4.78, 5) is 0. The molecule has 1 aromatic carbocycles. The van der Waals surface area contributed by atoms with E-state index in [0.29, 0.717) is 19.3 Å². The minimum Gasteiger partial charge on any atom is -0.490 e. The average Bonchev–Trinajstić information content (AvgIpc) is 2.40. The number of hydrogen-bond donors (Lipinski definition) is 1. The van der Waals surface area contributed by atoms with Crippen LogP contribution in [0.25, 0.3) is 0 Å². The van der Waals surface area contributed by atoms with Crippen LogP contribution in [0.2, 0.25) is 0 Å². The minimum atomic E-state index is 0.0911. The quantitative estimate of drug-likeness (QED) is 0.867. The molecule has 1 heterocycles. The lowest BCUT2D eigenvalue weighted by molar-refractivity contribution is -0.0248. The van der Waals surface area contributed by atoms with Gasteiger partial charge in [0.15, 0.2) is 11.5 Å². The molecule has 1 saturated heterocycles. The van der Waals surface area contributed by atoms with Gasteiger partial charge in [0.05, 0.1) is 13.2 Å². The second-order valence-electron chi connectivity index (χ2n) is 4.34. The van der Waals surface area contributed by atoms with Gasteiger partial charge in [0.25, 0.3) is 0 Å². The van der Waals surface area contributed by atoms with Crippen molar-refractivity contribution in [3.05, 3.63) is 24.3 Å². The van der Waals surface area contributed by atoms with Crippen LogP contribution in [0, 0.1) is 0 Å². The number of rotatable bonds is 5. The molecule has 0 bridgehead atoms. The fourth-order valence-corrected chi connectivity index (χ4v) is 1.98. The van der Waals surface area contributed by atoms with E-state index < -0.39 is 0 Å². The molecular weight excluding hydrogens is 230 g/mol. The molecule has 2 rings (SSSR count). The zero-order valence-corrected chi connectivity index (χ0v) is 11.0. The molecule has 4 nitrogen and oxygen atoms in total. The maximum absolute atomic E-state index is 5.81. The molecule has 1 aromatic rings. The molecular formula is C14H21NO3. The lowest BCUT2D eigenvalue weighted by Gasteiger charge is -2.30. The first-order chi connectivity index (χ1) is 8.81. The monoisotopic (exact) mass is 251 g/mol. The maximum atomic E-state index is 5.81. The largest absolute Gasteiger partial charge is 0.490 e. The van der Waals surface area contributed by atoms with Crippen molar-refractivity contribution in [2.75, 3.05) is 26.4 Å². The van der Waals surface area contributed by atoms with E-state index in [1.165, 1.54) is 0 Å². The lowest BCUT2D eigenvalue weighted by Crippen LogP contribution is -2.49. The Bertz CT molecular complexity index is 370. The predicted octanol–water partition coefficient (Wildman–Crippen LogP) is 1.84. The zero-order chi connectivity index (χ0) is 12.8. The van der Waals surface area contributed by atoms with E-state index >= 15 is 0 Å². The first-order valence-electron chi connectivity index (χ1n) is 6.51. The molecule has 0 spiro atoms. The summed E-state index contributed by atoms with van der Waals surface area (Å²) >= 11 is 0. The van der Waals surface area contributed by atoms with Gasteiger partial charge >= 0.3 is 0 Å². The van der Waals surface area contributed by atoms with E-state index in [9.17, 15) is 0 Å². The molecule has 0 aromatic heterocycles. The van der Waals surface area contributed by atoms with Gasteiger partial charge in [0.2, 0.25) is 0 Å². The van der Waals surface area contributed by atoms with Gasteiger partial charge in [-0.1, -0.05) is 12.1 Å². The minimum absolute atomic E-state index is 0.0911. The Morgan fingerprint density at radius 3 is 2.67 bits per heavy atom. The predicted molar refractivity (Wildman–Crippen MR) is 70.3 cm³/mol. The lowest BCUT2D eigenvalue weighted by atomic mass is 10.2. The van der Waals surface area contributed by atoms with E-state index in [1.54, 1.807) is 0 Å². The van der Waals surface area contributed by atoms with Crippen LogP contribution in [0.3, 0.4) is 0 Å². The van der Waals surface area contributed by atoms with Crippen molar-refractivity contribution in [3.63, 3.8) is 0 Å². The van der Waals surface area contributed by atoms with Crippen molar-refractivity contribution in [1.29, 1.82) is 0 Å².